The van der Waals surface area contributed by atoms with Gasteiger partial charge in [0.15, 0.2) is 17.5 Å². The van der Waals surface area contributed by atoms with Crippen LogP contribution in [0.25, 0.3) is 18.2 Å². The van der Waals surface area contributed by atoms with Crippen molar-refractivity contribution in [1.82, 2.24) is 0 Å². The molecule has 0 nitrogen and oxygen atoms in total. The third-order valence-corrected chi connectivity index (χ3v) is 4.27. The van der Waals surface area contributed by atoms with Gasteiger partial charge in [0.2, 0.25) is 0 Å². The second kappa shape index (κ2) is 7.08. The van der Waals surface area contributed by atoms with E-state index in [0.717, 1.165) is 30.5 Å². The summed E-state index contributed by atoms with van der Waals surface area (Å²) in [5, 5.41) is 0. The Bertz CT molecular complexity index is 793. The van der Waals surface area contributed by atoms with Crippen LogP contribution in [0.5, 0.6) is 0 Å². The number of benzene rings is 2. The first-order chi connectivity index (χ1) is 11.6. The highest BCUT2D eigenvalue weighted by atomic mass is 19.2. The fraction of sp³-hybridized carbons (Fsp3) is 0.238. The molecule has 3 heteroatoms. The standard InChI is InChI=1S/C21H19F3/c1-2-3-4-15-10-17-8-7-14(9-18(17)11-15)5-6-16-12-19(22)21(24)20(23)13-16/h5-9,11-13H,2-4,10H2,1H3/b6-5+. The molecule has 24 heavy (non-hydrogen) atoms. The van der Waals surface area contributed by atoms with Crippen LogP contribution in [0.4, 0.5) is 13.2 Å². The fourth-order valence-electron chi connectivity index (χ4n) is 2.96. The lowest BCUT2D eigenvalue weighted by Crippen LogP contribution is -1.91. The maximum absolute atomic E-state index is 13.2. The summed E-state index contributed by atoms with van der Waals surface area (Å²) in [6.07, 6.45) is 10.1. The van der Waals surface area contributed by atoms with Crippen molar-refractivity contribution in [1.29, 1.82) is 0 Å². The van der Waals surface area contributed by atoms with Crippen LogP contribution in [-0.2, 0) is 6.42 Å². The molecule has 0 atom stereocenters. The van der Waals surface area contributed by atoms with Crippen molar-refractivity contribution >= 4 is 18.2 Å². The number of allylic oxidation sites excluding steroid dienone is 1. The highest BCUT2D eigenvalue weighted by Gasteiger charge is 2.12. The first kappa shape index (κ1) is 16.6. The van der Waals surface area contributed by atoms with Crippen molar-refractivity contribution in [3.8, 4) is 0 Å². The van der Waals surface area contributed by atoms with E-state index in [1.807, 2.05) is 6.07 Å². The predicted molar refractivity (Wildman–Crippen MR) is 92.9 cm³/mol. The van der Waals surface area contributed by atoms with Crippen LogP contribution in [0, 0.1) is 17.5 Å². The maximum Gasteiger partial charge on any atom is 0.194 e. The zero-order valence-electron chi connectivity index (χ0n) is 13.6. The molecule has 2 aromatic rings. The first-order valence-corrected chi connectivity index (χ1v) is 8.22. The van der Waals surface area contributed by atoms with Crippen LogP contribution in [0.15, 0.2) is 35.9 Å². The first-order valence-electron chi connectivity index (χ1n) is 8.22. The third kappa shape index (κ3) is 3.61. The van der Waals surface area contributed by atoms with Gasteiger partial charge >= 0.3 is 0 Å². The largest absolute Gasteiger partial charge is 0.204 e. The van der Waals surface area contributed by atoms with Gasteiger partial charge in [0.25, 0.3) is 0 Å². The molecule has 0 saturated carbocycles. The Morgan fingerprint density at radius 2 is 1.67 bits per heavy atom. The topological polar surface area (TPSA) is 0 Å². The van der Waals surface area contributed by atoms with Crippen LogP contribution in [0.3, 0.4) is 0 Å². The van der Waals surface area contributed by atoms with Crippen molar-refractivity contribution in [2.75, 3.05) is 0 Å². The Hall–Kier alpha value is -2.29. The summed E-state index contributed by atoms with van der Waals surface area (Å²) >= 11 is 0. The number of hydrogen-bond acceptors (Lipinski definition) is 0. The van der Waals surface area contributed by atoms with Crippen molar-refractivity contribution in [2.24, 2.45) is 0 Å². The Labute approximate surface area is 140 Å². The summed E-state index contributed by atoms with van der Waals surface area (Å²) < 4.78 is 39.4. The number of rotatable bonds is 5. The maximum atomic E-state index is 13.2. The monoisotopic (exact) mass is 328 g/mol. The zero-order chi connectivity index (χ0) is 17.1. The highest BCUT2D eigenvalue weighted by Crippen LogP contribution is 2.29. The van der Waals surface area contributed by atoms with E-state index in [9.17, 15) is 13.2 Å². The van der Waals surface area contributed by atoms with E-state index in [0.29, 0.717) is 5.56 Å². The van der Waals surface area contributed by atoms with E-state index in [4.69, 9.17) is 0 Å². The molecule has 2 aromatic carbocycles. The summed E-state index contributed by atoms with van der Waals surface area (Å²) in [4.78, 5) is 0. The fourth-order valence-corrected chi connectivity index (χ4v) is 2.96. The van der Waals surface area contributed by atoms with Crippen molar-refractivity contribution in [3.05, 3.63) is 75.6 Å². The van der Waals surface area contributed by atoms with Crippen LogP contribution in [0.2, 0.25) is 0 Å². The molecule has 1 aliphatic rings. The molecule has 3 rings (SSSR count). The molecule has 124 valence electrons. The molecule has 0 aromatic heterocycles. The summed E-state index contributed by atoms with van der Waals surface area (Å²) in [6, 6.07) is 8.13. The molecule has 0 heterocycles. The molecule has 0 saturated heterocycles. The normalized spacial score (nSPS) is 13.4. The Kier molecular flexibility index (Phi) is 4.89. The van der Waals surface area contributed by atoms with E-state index in [2.05, 4.69) is 25.1 Å². The average molecular weight is 328 g/mol. The van der Waals surface area contributed by atoms with Crippen molar-refractivity contribution in [2.45, 2.75) is 32.6 Å². The molecule has 0 bridgehead atoms. The summed E-state index contributed by atoms with van der Waals surface area (Å²) in [5.41, 5.74) is 5.23. The molecule has 1 aliphatic carbocycles. The minimum absolute atomic E-state index is 0.297. The van der Waals surface area contributed by atoms with Crippen LogP contribution < -0.4 is 0 Å². The van der Waals surface area contributed by atoms with Crippen LogP contribution >= 0.6 is 0 Å². The van der Waals surface area contributed by atoms with Crippen LogP contribution in [-0.4, -0.2) is 0 Å². The van der Waals surface area contributed by atoms with Crippen molar-refractivity contribution < 1.29 is 13.2 Å². The molecule has 0 unspecified atom stereocenters. The number of unbranched alkanes of at least 4 members (excludes halogenated alkanes) is 1. The van der Waals surface area contributed by atoms with Gasteiger partial charge in [-0.1, -0.05) is 49.3 Å². The Morgan fingerprint density at radius 1 is 0.958 bits per heavy atom. The van der Waals surface area contributed by atoms with Gasteiger partial charge in [-0.05, 0) is 59.7 Å². The number of fused-ring (bicyclic) bond motifs is 1. The lowest BCUT2D eigenvalue weighted by Gasteiger charge is -2.02. The van der Waals surface area contributed by atoms with E-state index < -0.39 is 17.5 Å². The van der Waals surface area contributed by atoms with Crippen molar-refractivity contribution in [3.63, 3.8) is 0 Å². The quantitative estimate of drug-likeness (QED) is 0.440. The molecule has 0 N–H and O–H groups in total. The molecular weight excluding hydrogens is 309 g/mol. The van der Waals surface area contributed by atoms with E-state index in [1.165, 1.54) is 29.5 Å². The number of halogens is 3. The highest BCUT2D eigenvalue weighted by molar-refractivity contribution is 5.73. The van der Waals surface area contributed by atoms with E-state index >= 15 is 0 Å². The SMILES string of the molecule is CCCCC1=Cc2cc(/C=C/c3cc(F)c(F)c(F)c3)ccc2C1. The van der Waals surface area contributed by atoms with Gasteiger partial charge in [-0.2, -0.15) is 0 Å². The number of hydrogen-bond donors (Lipinski definition) is 0. The molecule has 0 amide bonds. The minimum Gasteiger partial charge on any atom is -0.204 e. The molecule has 0 radical (unpaired) electrons. The summed E-state index contributed by atoms with van der Waals surface area (Å²) in [6.45, 7) is 2.19. The summed E-state index contributed by atoms with van der Waals surface area (Å²) in [5.74, 6) is -3.78. The lowest BCUT2D eigenvalue weighted by molar-refractivity contribution is 0.447. The third-order valence-electron chi connectivity index (χ3n) is 4.27. The van der Waals surface area contributed by atoms with E-state index in [-0.39, 0.29) is 0 Å². The summed E-state index contributed by atoms with van der Waals surface area (Å²) in [7, 11) is 0. The Morgan fingerprint density at radius 3 is 2.38 bits per heavy atom. The second-order valence-electron chi connectivity index (χ2n) is 6.17. The van der Waals surface area contributed by atoms with Gasteiger partial charge in [-0.3, -0.25) is 0 Å². The van der Waals surface area contributed by atoms with Gasteiger partial charge in [0.05, 0.1) is 0 Å². The average Bonchev–Trinajstić information content (AvgIpc) is 2.97. The van der Waals surface area contributed by atoms with Gasteiger partial charge < -0.3 is 0 Å². The van der Waals surface area contributed by atoms with Gasteiger partial charge in [-0.15, -0.1) is 0 Å². The van der Waals surface area contributed by atoms with E-state index in [1.54, 1.807) is 12.2 Å². The predicted octanol–water partition coefficient (Wildman–Crippen LogP) is 6.40. The smallest absolute Gasteiger partial charge is 0.194 e. The second-order valence-corrected chi connectivity index (χ2v) is 6.17. The molecule has 0 spiro atoms. The van der Waals surface area contributed by atoms with Gasteiger partial charge in [-0.25, -0.2) is 13.2 Å². The lowest BCUT2D eigenvalue weighted by atomic mass is 10.0. The van der Waals surface area contributed by atoms with Crippen LogP contribution in [0.1, 0.15) is 48.4 Å². The molecular formula is C21H19F3. The van der Waals surface area contributed by atoms with Gasteiger partial charge in [0.1, 0.15) is 0 Å². The molecule has 0 fully saturated rings. The van der Waals surface area contributed by atoms with Gasteiger partial charge in [0, 0.05) is 0 Å². The minimum atomic E-state index is -1.44. The zero-order valence-corrected chi connectivity index (χ0v) is 13.6. The molecule has 0 aliphatic heterocycles. The Balaban J connectivity index is 1.79.